The molecule has 26 heavy (non-hydrogen) atoms. The van der Waals surface area contributed by atoms with Gasteiger partial charge in [0.1, 0.15) is 17.9 Å². The number of hydrogen-bond donors (Lipinski definition) is 1. The summed E-state index contributed by atoms with van der Waals surface area (Å²) in [5, 5.41) is 3.42. The molecule has 0 bridgehead atoms. The van der Waals surface area contributed by atoms with Gasteiger partial charge in [-0.1, -0.05) is 30.7 Å². The van der Waals surface area contributed by atoms with Crippen molar-refractivity contribution in [1.29, 1.82) is 0 Å². The number of aromatic nitrogens is 1. The summed E-state index contributed by atoms with van der Waals surface area (Å²) >= 11 is 6.26. The Balaban J connectivity index is 1.79. The topological polar surface area (TPSA) is 60.3 Å². The van der Waals surface area contributed by atoms with E-state index in [2.05, 4.69) is 12.2 Å². The molecule has 3 aromatic rings. The van der Waals surface area contributed by atoms with E-state index in [0.29, 0.717) is 40.5 Å². The van der Waals surface area contributed by atoms with Crippen molar-refractivity contribution in [2.45, 2.75) is 19.9 Å². The second-order valence-electron chi connectivity index (χ2n) is 6.19. The normalized spacial score (nSPS) is 12.7. The number of carbonyl (C=O) groups excluding carboxylic acids is 1. The van der Waals surface area contributed by atoms with Crippen molar-refractivity contribution in [2.75, 3.05) is 11.9 Å². The van der Waals surface area contributed by atoms with Crippen LogP contribution in [0.5, 0.6) is 5.75 Å². The van der Waals surface area contributed by atoms with Crippen molar-refractivity contribution in [1.82, 2.24) is 4.57 Å². The zero-order valence-corrected chi connectivity index (χ0v) is 15.0. The third kappa shape index (κ3) is 2.74. The number of rotatable bonds is 3. The van der Waals surface area contributed by atoms with Crippen molar-refractivity contribution in [3.05, 3.63) is 69.0 Å². The second kappa shape index (κ2) is 6.50. The maximum absolute atomic E-state index is 12.9. The Morgan fingerprint density at radius 1 is 1.23 bits per heavy atom. The minimum Gasteiger partial charge on any atom is -0.490 e. The molecule has 6 heteroatoms. The molecule has 1 amide bonds. The van der Waals surface area contributed by atoms with E-state index in [-0.39, 0.29) is 5.56 Å². The van der Waals surface area contributed by atoms with Crippen LogP contribution < -0.4 is 15.5 Å². The molecule has 0 fully saturated rings. The highest BCUT2D eigenvalue weighted by atomic mass is 35.5. The van der Waals surface area contributed by atoms with Gasteiger partial charge in [0.15, 0.2) is 0 Å². The van der Waals surface area contributed by atoms with E-state index in [1.54, 1.807) is 18.3 Å². The van der Waals surface area contributed by atoms with Gasteiger partial charge in [0.2, 0.25) is 5.43 Å². The fourth-order valence-electron chi connectivity index (χ4n) is 3.19. The van der Waals surface area contributed by atoms with Crippen LogP contribution in [-0.4, -0.2) is 17.1 Å². The number of halogens is 1. The van der Waals surface area contributed by atoms with Crippen LogP contribution >= 0.6 is 11.6 Å². The average molecular weight is 369 g/mol. The van der Waals surface area contributed by atoms with Crippen molar-refractivity contribution >= 4 is 34.1 Å². The number of amides is 1. The summed E-state index contributed by atoms with van der Waals surface area (Å²) in [4.78, 5) is 25.6. The van der Waals surface area contributed by atoms with E-state index in [1.165, 1.54) is 5.56 Å². The Morgan fingerprint density at radius 3 is 2.73 bits per heavy atom. The van der Waals surface area contributed by atoms with Crippen LogP contribution in [0, 0.1) is 0 Å². The maximum atomic E-state index is 12.9. The number of pyridine rings is 1. The highest BCUT2D eigenvalue weighted by Crippen LogP contribution is 2.32. The molecule has 132 valence electrons. The highest BCUT2D eigenvalue weighted by Gasteiger charge is 2.22. The molecular weight excluding hydrogens is 352 g/mol. The number of ether oxygens (including phenoxy) is 1. The monoisotopic (exact) mass is 368 g/mol. The fourth-order valence-corrected chi connectivity index (χ4v) is 3.43. The number of benzene rings is 2. The van der Waals surface area contributed by atoms with Gasteiger partial charge in [-0.05, 0) is 36.2 Å². The molecule has 1 aliphatic rings. The van der Waals surface area contributed by atoms with Gasteiger partial charge in [-0.25, -0.2) is 0 Å². The number of carbonyl (C=O) groups is 1. The lowest BCUT2D eigenvalue weighted by Crippen LogP contribution is -2.26. The lowest BCUT2D eigenvalue weighted by atomic mass is 10.1. The van der Waals surface area contributed by atoms with Crippen LogP contribution in [0.15, 0.2) is 47.4 Å². The van der Waals surface area contributed by atoms with Crippen LogP contribution in [0.3, 0.4) is 0 Å². The van der Waals surface area contributed by atoms with Gasteiger partial charge >= 0.3 is 0 Å². The third-order valence-electron chi connectivity index (χ3n) is 4.59. The molecule has 1 aromatic heterocycles. The number of aryl methyl sites for hydroxylation is 1. The summed E-state index contributed by atoms with van der Waals surface area (Å²) < 4.78 is 7.46. The Hall–Kier alpha value is -2.79. The van der Waals surface area contributed by atoms with E-state index < -0.39 is 11.3 Å². The van der Waals surface area contributed by atoms with Gasteiger partial charge in [-0.2, -0.15) is 0 Å². The Bertz CT molecular complexity index is 1070. The molecule has 1 N–H and O–H groups in total. The molecule has 5 nitrogen and oxygen atoms in total. The Labute approximate surface area is 155 Å². The van der Waals surface area contributed by atoms with Crippen LogP contribution in [0.25, 0.3) is 10.9 Å². The van der Waals surface area contributed by atoms with Crippen LogP contribution in [-0.2, 0) is 13.0 Å². The number of anilines is 1. The molecule has 1 aliphatic heterocycles. The van der Waals surface area contributed by atoms with Crippen LogP contribution in [0.2, 0.25) is 5.02 Å². The molecule has 0 aliphatic carbocycles. The van der Waals surface area contributed by atoms with Crippen LogP contribution in [0.1, 0.15) is 22.8 Å². The molecule has 0 atom stereocenters. The average Bonchev–Trinajstić information content (AvgIpc) is 2.66. The van der Waals surface area contributed by atoms with Gasteiger partial charge < -0.3 is 14.6 Å². The first-order chi connectivity index (χ1) is 12.6. The summed E-state index contributed by atoms with van der Waals surface area (Å²) in [6.45, 7) is 3.10. The molecule has 0 unspecified atom stereocenters. The first-order valence-corrected chi connectivity index (χ1v) is 8.85. The molecule has 4 rings (SSSR count). The Morgan fingerprint density at radius 2 is 2.00 bits per heavy atom. The minimum atomic E-state index is -0.446. The fraction of sp³-hybridized carbons (Fsp3) is 0.200. The lowest BCUT2D eigenvalue weighted by Gasteiger charge is -2.22. The van der Waals surface area contributed by atoms with Crippen molar-refractivity contribution in [3.63, 3.8) is 0 Å². The minimum absolute atomic E-state index is 0.0676. The number of nitrogens with one attached hydrogen (secondary N) is 1. The second-order valence-corrected chi connectivity index (χ2v) is 6.59. The molecule has 0 saturated carbocycles. The molecule has 0 saturated heterocycles. The largest absolute Gasteiger partial charge is 0.490 e. The van der Waals surface area contributed by atoms with E-state index in [4.69, 9.17) is 16.3 Å². The van der Waals surface area contributed by atoms with Crippen molar-refractivity contribution < 1.29 is 9.53 Å². The zero-order valence-electron chi connectivity index (χ0n) is 14.2. The standard InChI is InChI=1S/C20H17ClN2O3/c1-2-12-3-5-13(6-4-12)22-20(25)14-11-23-9-10-26-16-8-7-15(21)17(18(16)23)19(14)24/h3-8,11H,2,9-10H2,1H3,(H,22,25). The van der Waals surface area contributed by atoms with E-state index in [9.17, 15) is 9.59 Å². The number of hydrogen-bond acceptors (Lipinski definition) is 3. The van der Waals surface area contributed by atoms with Crippen molar-refractivity contribution in [2.24, 2.45) is 0 Å². The summed E-state index contributed by atoms with van der Waals surface area (Å²) in [6, 6.07) is 10.9. The molecule has 2 aromatic carbocycles. The zero-order chi connectivity index (χ0) is 18.3. The van der Waals surface area contributed by atoms with E-state index in [0.717, 1.165) is 6.42 Å². The summed E-state index contributed by atoms with van der Waals surface area (Å²) in [6.07, 6.45) is 2.51. The van der Waals surface area contributed by atoms with Gasteiger partial charge in [0.05, 0.1) is 22.5 Å². The first kappa shape index (κ1) is 16.7. The van der Waals surface area contributed by atoms with E-state index in [1.807, 2.05) is 28.8 Å². The molecule has 0 spiro atoms. The molecule has 0 radical (unpaired) electrons. The predicted octanol–water partition coefficient (Wildman–Crippen LogP) is 3.86. The lowest BCUT2D eigenvalue weighted by molar-refractivity contribution is 0.102. The third-order valence-corrected chi connectivity index (χ3v) is 4.90. The summed E-state index contributed by atoms with van der Waals surface area (Å²) in [7, 11) is 0. The predicted molar refractivity (Wildman–Crippen MR) is 102 cm³/mol. The summed E-state index contributed by atoms with van der Waals surface area (Å²) in [5.74, 6) is 0.160. The van der Waals surface area contributed by atoms with Gasteiger partial charge in [0.25, 0.3) is 5.91 Å². The molecular formula is C20H17ClN2O3. The van der Waals surface area contributed by atoms with Gasteiger partial charge in [-0.15, -0.1) is 0 Å². The smallest absolute Gasteiger partial charge is 0.261 e. The SMILES string of the molecule is CCc1ccc(NC(=O)c2cn3c4c(ccc(Cl)c4c2=O)OCC3)cc1. The quantitative estimate of drug-likeness (QED) is 0.763. The highest BCUT2D eigenvalue weighted by molar-refractivity contribution is 6.35. The number of nitrogens with zero attached hydrogens (tertiary/aromatic N) is 1. The maximum Gasteiger partial charge on any atom is 0.261 e. The van der Waals surface area contributed by atoms with Gasteiger partial charge in [-0.3, -0.25) is 9.59 Å². The molecule has 2 heterocycles. The Kier molecular flexibility index (Phi) is 4.17. The first-order valence-electron chi connectivity index (χ1n) is 8.47. The van der Waals surface area contributed by atoms with E-state index >= 15 is 0 Å². The van der Waals surface area contributed by atoms with Crippen LogP contribution in [0.4, 0.5) is 5.69 Å². The summed E-state index contributed by atoms with van der Waals surface area (Å²) in [5.41, 5.74) is 2.14. The van der Waals surface area contributed by atoms with Crippen molar-refractivity contribution in [3.8, 4) is 5.75 Å². The van der Waals surface area contributed by atoms with Gasteiger partial charge in [0, 0.05) is 11.9 Å².